The van der Waals surface area contributed by atoms with Crippen LogP contribution in [0.2, 0.25) is 10.0 Å². The fourth-order valence-electron chi connectivity index (χ4n) is 1.14. The number of rotatable bonds is 4. The molecule has 2 amide bonds. The van der Waals surface area contributed by atoms with Gasteiger partial charge in [-0.05, 0) is 18.6 Å². The molecule has 0 aliphatic carbocycles. The Balaban J connectivity index is 2.54. The van der Waals surface area contributed by atoms with E-state index in [-0.39, 0.29) is 0 Å². The molecule has 1 aromatic carbocycles. The van der Waals surface area contributed by atoms with E-state index >= 15 is 0 Å². The minimum Gasteiger partial charge on any atom is -0.348 e. The van der Waals surface area contributed by atoms with Gasteiger partial charge in [-0.15, -0.1) is 0 Å². The van der Waals surface area contributed by atoms with E-state index in [0.717, 1.165) is 6.42 Å². The summed E-state index contributed by atoms with van der Waals surface area (Å²) in [5.74, 6) is -1.55. The van der Waals surface area contributed by atoms with E-state index in [1.807, 2.05) is 6.92 Å². The predicted molar refractivity (Wildman–Crippen MR) is 75.5 cm³/mol. The van der Waals surface area contributed by atoms with E-state index in [9.17, 15) is 9.59 Å². The van der Waals surface area contributed by atoms with Crippen molar-refractivity contribution in [3.63, 3.8) is 0 Å². The standard InChI is InChI=1S/C12H13Cl2N3O2/c1-2-5-15-11(18)12(19)17-16-7-8-3-4-9(13)6-10(8)14/h3-4,6-7H,2,5H2,1H3,(H,15,18)(H,17,19)/b16-7-. The molecule has 7 heteroatoms. The van der Waals surface area contributed by atoms with Gasteiger partial charge in [-0.3, -0.25) is 9.59 Å². The third-order valence-electron chi connectivity index (χ3n) is 2.07. The van der Waals surface area contributed by atoms with Gasteiger partial charge in [-0.25, -0.2) is 5.43 Å². The molecule has 0 aromatic heterocycles. The first-order valence-electron chi connectivity index (χ1n) is 5.61. The molecule has 0 saturated heterocycles. The van der Waals surface area contributed by atoms with Crippen LogP contribution in [0.5, 0.6) is 0 Å². The molecule has 19 heavy (non-hydrogen) atoms. The third-order valence-corrected chi connectivity index (χ3v) is 2.64. The van der Waals surface area contributed by atoms with E-state index in [4.69, 9.17) is 23.2 Å². The molecule has 0 spiro atoms. The first kappa shape index (κ1) is 15.5. The lowest BCUT2D eigenvalue weighted by Crippen LogP contribution is -2.38. The molecule has 0 heterocycles. The lowest BCUT2D eigenvalue weighted by molar-refractivity contribution is -0.139. The van der Waals surface area contributed by atoms with Crippen molar-refractivity contribution in [2.24, 2.45) is 5.10 Å². The second kappa shape index (κ2) is 7.76. The first-order valence-corrected chi connectivity index (χ1v) is 6.36. The molecule has 0 unspecified atom stereocenters. The summed E-state index contributed by atoms with van der Waals surface area (Å²) in [6, 6.07) is 4.85. The number of halogens is 2. The number of hydrogen-bond donors (Lipinski definition) is 2. The maximum atomic E-state index is 11.3. The van der Waals surface area contributed by atoms with Gasteiger partial charge in [0.2, 0.25) is 0 Å². The van der Waals surface area contributed by atoms with Gasteiger partial charge >= 0.3 is 11.8 Å². The van der Waals surface area contributed by atoms with Crippen LogP contribution in [0.1, 0.15) is 18.9 Å². The van der Waals surface area contributed by atoms with Crippen LogP contribution < -0.4 is 10.7 Å². The van der Waals surface area contributed by atoms with Gasteiger partial charge in [0.05, 0.1) is 11.2 Å². The van der Waals surface area contributed by atoms with Gasteiger partial charge in [0, 0.05) is 17.1 Å². The Labute approximate surface area is 121 Å². The molecule has 1 aromatic rings. The zero-order chi connectivity index (χ0) is 14.3. The number of carbonyl (C=O) groups excluding carboxylic acids is 2. The SMILES string of the molecule is CCCNC(=O)C(=O)N/N=C\c1ccc(Cl)cc1Cl. The summed E-state index contributed by atoms with van der Waals surface area (Å²) in [5, 5.41) is 6.99. The molecular weight excluding hydrogens is 289 g/mol. The molecule has 5 nitrogen and oxygen atoms in total. The lowest BCUT2D eigenvalue weighted by Gasteiger charge is -2.01. The molecule has 0 aliphatic heterocycles. The van der Waals surface area contributed by atoms with Crippen LogP contribution in [0.15, 0.2) is 23.3 Å². The van der Waals surface area contributed by atoms with E-state index in [0.29, 0.717) is 22.2 Å². The zero-order valence-corrected chi connectivity index (χ0v) is 11.8. The molecule has 0 saturated carbocycles. The Morgan fingerprint density at radius 3 is 2.68 bits per heavy atom. The van der Waals surface area contributed by atoms with E-state index in [2.05, 4.69) is 15.8 Å². The maximum absolute atomic E-state index is 11.3. The van der Waals surface area contributed by atoms with Crippen LogP contribution >= 0.6 is 23.2 Å². The Morgan fingerprint density at radius 2 is 2.05 bits per heavy atom. The fourth-order valence-corrected chi connectivity index (χ4v) is 1.59. The number of nitrogens with zero attached hydrogens (tertiary/aromatic N) is 1. The third kappa shape index (κ3) is 5.28. The number of nitrogens with one attached hydrogen (secondary N) is 2. The Bertz CT molecular complexity index is 504. The topological polar surface area (TPSA) is 70.6 Å². The van der Waals surface area contributed by atoms with Crippen molar-refractivity contribution in [2.45, 2.75) is 13.3 Å². The molecule has 0 atom stereocenters. The van der Waals surface area contributed by atoms with Crippen LogP contribution in [-0.4, -0.2) is 24.6 Å². The number of carbonyl (C=O) groups is 2. The van der Waals surface area contributed by atoms with Crippen molar-refractivity contribution in [3.8, 4) is 0 Å². The van der Waals surface area contributed by atoms with Crippen LogP contribution in [0.25, 0.3) is 0 Å². The minimum absolute atomic E-state index is 0.404. The molecule has 0 aliphatic rings. The monoisotopic (exact) mass is 301 g/mol. The number of hydrazone groups is 1. The largest absolute Gasteiger partial charge is 0.348 e. The lowest BCUT2D eigenvalue weighted by atomic mass is 10.2. The molecule has 1 rings (SSSR count). The van der Waals surface area contributed by atoms with E-state index < -0.39 is 11.8 Å². The summed E-state index contributed by atoms with van der Waals surface area (Å²) in [4.78, 5) is 22.5. The van der Waals surface area contributed by atoms with Gasteiger partial charge in [0.1, 0.15) is 0 Å². The fraction of sp³-hybridized carbons (Fsp3) is 0.250. The van der Waals surface area contributed by atoms with Crippen LogP contribution in [-0.2, 0) is 9.59 Å². The van der Waals surface area contributed by atoms with Crippen molar-refractivity contribution < 1.29 is 9.59 Å². The van der Waals surface area contributed by atoms with E-state index in [1.165, 1.54) is 6.21 Å². The zero-order valence-electron chi connectivity index (χ0n) is 10.2. The summed E-state index contributed by atoms with van der Waals surface area (Å²) in [6.07, 6.45) is 2.09. The van der Waals surface area contributed by atoms with Crippen molar-refractivity contribution in [2.75, 3.05) is 6.54 Å². The summed E-state index contributed by atoms with van der Waals surface area (Å²) in [5.41, 5.74) is 2.69. The molecular formula is C12H13Cl2N3O2. The average Bonchev–Trinajstić information content (AvgIpc) is 2.38. The van der Waals surface area contributed by atoms with Gasteiger partial charge in [-0.1, -0.05) is 36.2 Å². The summed E-state index contributed by atoms with van der Waals surface area (Å²) in [7, 11) is 0. The predicted octanol–water partition coefficient (Wildman–Crippen LogP) is 1.97. The maximum Gasteiger partial charge on any atom is 0.329 e. The Morgan fingerprint density at radius 1 is 1.32 bits per heavy atom. The molecule has 0 radical (unpaired) electrons. The molecule has 102 valence electrons. The second-order valence-electron chi connectivity index (χ2n) is 3.62. The van der Waals surface area contributed by atoms with Gasteiger partial charge in [-0.2, -0.15) is 5.10 Å². The minimum atomic E-state index is -0.824. The highest BCUT2D eigenvalue weighted by Gasteiger charge is 2.10. The highest BCUT2D eigenvalue weighted by molar-refractivity contribution is 6.36. The highest BCUT2D eigenvalue weighted by atomic mass is 35.5. The van der Waals surface area contributed by atoms with Crippen molar-refractivity contribution in [1.29, 1.82) is 0 Å². The van der Waals surface area contributed by atoms with E-state index in [1.54, 1.807) is 18.2 Å². The molecule has 0 bridgehead atoms. The van der Waals surface area contributed by atoms with Crippen molar-refractivity contribution in [1.82, 2.24) is 10.7 Å². The summed E-state index contributed by atoms with van der Waals surface area (Å²) >= 11 is 11.6. The number of hydrogen-bond acceptors (Lipinski definition) is 3. The average molecular weight is 302 g/mol. The van der Waals surface area contributed by atoms with Gasteiger partial charge in [0.25, 0.3) is 0 Å². The second-order valence-corrected chi connectivity index (χ2v) is 4.46. The highest BCUT2D eigenvalue weighted by Crippen LogP contribution is 2.19. The van der Waals surface area contributed by atoms with Crippen molar-refractivity contribution in [3.05, 3.63) is 33.8 Å². The van der Waals surface area contributed by atoms with Crippen LogP contribution in [0, 0.1) is 0 Å². The Hall–Kier alpha value is -1.59. The summed E-state index contributed by atoms with van der Waals surface area (Å²) in [6.45, 7) is 2.33. The van der Waals surface area contributed by atoms with Gasteiger partial charge < -0.3 is 5.32 Å². The molecule has 0 fully saturated rings. The van der Waals surface area contributed by atoms with Crippen molar-refractivity contribution >= 4 is 41.2 Å². The number of benzene rings is 1. The van der Waals surface area contributed by atoms with Crippen LogP contribution in [0.4, 0.5) is 0 Å². The first-order chi connectivity index (χ1) is 9.04. The smallest absolute Gasteiger partial charge is 0.329 e. The summed E-state index contributed by atoms with van der Waals surface area (Å²) < 4.78 is 0. The Kier molecular flexibility index (Phi) is 6.32. The quantitative estimate of drug-likeness (QED) is 0.507. The molecule has 2 N–H and O–H groups in total. The normalized spacial score (nSPS) is 10.5. The van der Waals surface area contributed by atoms with Gasteiger partial charge in [0.15, 0.2) is 0 Å². The van der Waals surface area contributed by atoms with Crippen LogP contribution in [0.3, 0.4) is 0 Å². The number of amides is 2.